The number of aliphatic hydroxyl groups is 1. The zero-order chi connectivity index (χ0) is 11.8. The molecule has 0 aromatic rings. The smallest absolute Gasteiger partial charge is 0.0428 e. The topological polar surface area (TPSA) is 32.3 Å². The van der Waals surface area contributed by atoms with Crippen molar-refractivity contribution in [2.75, 3.05) is 19.7 Å². The van der Waals surface area contributed by atoms with Gasteiger partial charge in [0.1, 0.15) is 0 Å². The molecule has 2 nitrogen and oxygen atoms in total. The molecule has 0 atom stereocenters. The fourth-order valence-corrected chi connectivity index (χ4v) is 1.16. The van der Waals surface area contributed by atoms with E-state index in [0.29, 0.717) is 6.61 Å². The van der Waals surface area contributed by atoms with E-state index in [9.17, 15) is 0 Å². The molecule has 1 aliphatic rings. The van der Waals surface area contributed by atoms with Gasteiger partial charge in [0.05, 0.1) is 0 Å². The van der Waals surface area contributed by atoms with Crippen molar-refractivity contribution in [2.45, 2.75) is 65.7 Å². The van der Waals surface area contributed by atoms with Crippen LogP contribution in [0.4, 0.5) is 0 Å². The molecule has 1 heterocycles. The zero-order valence-electron chi connectivity index (χ0n) is 11.0. The molecular formula is C13H31NO. The molecule has 2 N–H and O–H groups in total. The van der Waals surface area contributed by atoms with Crippen LogP contribution >= 0.6 is 0 Å². The number of nitrogens with one attached hydrogen (secondary N) is 1. The van der Waals surface area contributed by atoms with Crippen LogP contribution in [0.15, 0.2) is 0 Å². The molecule has 0 bridgehead atoms. The maximum Gasteiger partial charge on any atom is 0.0428 e. The Balaban J connectivity index is 0. The lowest BCUT2D eigenvalue weighted by molar-refractivity contribution is 0.295. The van der Waals surface area contributed by atoms with Gasteiger partial charge in [0.25, 0.3) is 0 Å². The number of rotatable bonds is 3. The van der Waals surface area contributed by atoms with Crippen LogP contribution in [0.1, 0.15) is 65.7 Å². The minimum Gasteiger partial charge on any atom is -0.396 e. The van der Waals surface area contributed by atoms with Gasteiger partial charge >= 0.3 is 0 Å². The van der Waals surface area contributed by atoms with Crippen LogP contribution in [-0.4, -0.2) is 24.8 Å². The van der Waals surface area contributed by atoms with Gasteiger partial charge in [0.2, 0.25) is 0 Å². The van der Waals surface area contributed by atoms with Crippen LogP contribution in [0, 0.1) is 0 Å². The molecule has 15 heavy (non-hydrogen) atoms. The molecule has 0 unspecified atom stereocenters. The predicted octanol–water partition coefficient (Wildman–Crippen LogP) is 3.35. The molecule has 0 radical (unpaired) electrons. The van der Waals surface area contributed by atoms with Crippen molar-refractivity contribution >= 4 is 0 Å². The fraction of sp³-hybridized carbons (Fsp3) is 1.00. The van der Waals surface area contributed by atoms with Gasteiger partial charge in [-0.3, -0.25) is 0 Å². The molecule has 1 saturated heterocycles. The highest BCUT2D eigenvalue weighted by molar-refractivity contribution is 4.55. The van der Waals surface area contributed by atoms with E-state index < -0.39 is 0 Å². The maximum absolute atomic E-state index is 7.88. The Morgan fingerprint density at radius 2 is 1.33 bits per heavy atom. The summed E-state index contributed by atoms with van der Waals surface area (Å²) in [5.74, 6) is 0. The van der Waals surface area contributed by atoms with E-state index in [2.05, 4.69) is 19.2 Å². The van der Waals surface area contributed by atoms with Gasteiger partial charge in [-0.1, -0.05) is 46.5 Å². The van der Waals surface area contributed by atoms with Crippen LogP contribution < -0.4 is 5.32 Å². The Morgan fingerprint density at radius 1 is 0.867 bits per heavy atom. The summed E-state index contributed by atoms with van der Waals surface area (Å²) in [5, 5.41) is 11.2. The van der Waals surface area contributed by atoms with Crippen molar-refractivity contribution in [3.63, 3.8) is 0 Å². The molecule has 0 spiro atoms. The minimum atomic E-state index is 0.319. The van der Waals surface area contributed by atoms with E-state index in [1.54, 1.807) is 0 Å². The fourth-order valence-electron chi connectivity index (χ4n) is 1.16. The van der Waals surface area contributed by atoms with E-state index in [-0.39, 0.29) is 0 Å². The standard InChI is InChI=1S/C5H11N.C5H12.C3H8O/c1-2-4-6-5-3-1;1-3-5-4-2;1-2-3-4/h6H,1-5H2;3-5H2,1-2H3;4H,2-3H2,1H3. The Bertz CT molecular complexity index is 67.1. The zero-order valence-corrected chi connectivity index (χ0v) is 11.0. The number of piperidine rings is 1. The number of hydrogen-bond acceptors (Lipinski definition) is 2. The van der Waals surface area contributed by atoms with Gasteiger partial charge in [-0.2, -0.15) is 0 Å². The summed E-state index contributed by atoms with van der Waals surface area (Å²) in [6, 6.07) is 0. The minimum absolute atomic E-state index is 0.319. The maximum atomic E-state index is 7.88. The van der Waals surface area contributed by atoms with Crippen molar-refractivity contribution in [1.82, 2.24) is 5.32 Å². The van der Waals surface area contributed by atoms with Gasteiger partial charge in [-0.25, -0.2) is 0 Å². The van der Waals surface area contributed by atoms with E-state index in [1.807, 2.05) is 6.92 Å². The first-order valence-electron chi connectivity index (χ1n) is 6.64. The first kappa shape index (κ1) is 17.3. The van der Waals surface area contributed by atoms with E-state index in [0.717, 1.165) is 6.42 Å². The lowest BCUT2D eigenvalue weighted by atomic mass is 10.2. The molecule has 1 aliphatic heterocycles. The van der Waals surface area contributed by atoms with Crippen LogP contribution in [0.3, 0.4) is 0 Å². The second kappa shape index (κ2) is 19.5. The molecule has 1 rings (SSSR count). The van der Waals surface area contributed by atoms with E-state index in [1.165, 1.54) is 51.6 Å². The summed E-state index contributed by atoms with van der Waals surface area (Å²) in [7, 11) is 0. The number of unbranched alkanes of at least 4 members (excludes halogenated alkanes) is 2. The molecule has 0 amide bonds. The predicted molar refractivity (Wildman–Crippen MR) is 69.3 cm³/mol. The molecule has 94 valence electrons. The number of hydrogen-bond donors (Lipinski definition) is 2. The van der Waals surface area contributed by atoms with Gasteiger partial charge in [0, 0.05) is 6.61 Å². The van der Waals surface area contributed by atoms with Crippen LogP contribution in [0.25, 0.3) is 0 Å². The lowest BCUT2D eigenvalue weighted by Crippen LogP contribution is -2.21. The highest BCUT2D eigenvalue weighted by Gasteiger charge is 1.93. The average molecular weight is 217 g/mol. The van der Waals surface area contributed by atoms with Crippen LogP contribution in [0.5, 0.6) is 0 Å². The summed E-state index contributed by atoms with van der Waals surface area (Å²) in [6.07, 6.45) is 9.17. The molecule has 0 aliphatic carbocycles. The normalized spacial score (nSPS) is 14.4. The van der Waals surface area contributed by atoms with Gasteiger partial charge < -0.3 is 10.4 Å². The summed E-state index contributed by atoms with van der Waals surface area (Å²) in [5.41, 5.74) is 0. The van der Waals surface area contributed by atoms with Crippen molar-refractivity contribution in [1.29, 1.82) is 0 Å². The quantitative estimate of drug-likeness (QED) is 0.760. The van der Waals surface area contributed by atoms with Crippen molar-refractivity contribution in [3.8, 4) is 0 Å². The molecule has 0 aromatic carbocycles. The monoisotopic (exact) mass is 217 g/mol. The molecule has 2 heteroatoms. The summed E-state index contributed by atoms with van der Waals surface area (Å²) in [6.45, 7) is 9.17. The third-order valence-electron chi connectivity index (χ3n) is 2.14. The summed E-state index contributed by atoms with van der Waals surface area (Å²) < 4.78 is 0. The van der Waals surface area contributed by atoms with Crippen molar-refractivity contribution < 1.29 is 5.11 Å². The van der Waals surface area contributed by atoms with Crippen LogP contribution in [-0.2, 0) is 0 Å². The SMILES string of the molecule is C1CCNCC1.CCCCC.CCCO. The largest absolute Gasteiger partial charge is 0.396 e. The van der Waals surface area contributed by atoms with Crippen molar-refractivity contribution in [2.24, 2.45) is 0 Å². The van der Waals surface area contributed by atoms with E-state index >= 15 is 0 Å². The molecular weight excluding hydrogens is 186 g/mol. The third kappa shape index (κ3) is 24.9. The Labute approximate surface area is 96.5 Å². The Hall–Kier alpha value is -0.0800. The molecule has 0 aromatic heterocycles. The Morgan fingerprint density at radius 3 is 1.40 bits per heavy atom. The highest BCUT2D eigenvalue weighted by atomic mass is 16.2. The molecule has 1 fully saturated rings. The van der Waals surface area contributed by atoms with Gasteiger partial charge in [0.15, 0.2) is 0 Å². The van der Waals surface area contributed by atoms with Gasteiger partial charge in [-0.15, -0.1) is 0 Å². The average Bonchev–Trinajstić information content (AvgIpc) is 2.33. The second-order valence-electron chi connectivity index (χ2n) is 3.89. The second-order valence-corrected chi connectivity index (χ2v) is 3.89. The highest BCUT2D eigenvalue weighted by Crippen LogP contribution is 1.96. The first-order chi connectivity index (χ1) is 7.33. The first-order valence-corrected chi connectivity index (χ1v) is 6.64. The van der Waals surface area contributed by atoms with Crippen molar-refractivity contribution in [3.05, 3.63) is 0 Å². The third-order valence-corrected chi connectivity index (χ3v) is 2.14. The Kier molecular flexibility index (Phi) is 22.5. The summed E-state index contributed by atoms with van der Waals surface area (Å²) >= 11 is 0. The summed E-state index contributed by atoms with van der Waals surface area (Å²) in [4.78, 5) is 0. The van der Waals surface area contributed by atoms with Gasteiger partial charge in [-0.05, 0) is 32.4 Å². The number of aliphatic hydroxyl groups excluding tert-OH is 1. The van der Waals surface area contributed by atoms with Crippen LogP contribution in [0.2, 0.25) is 0 Å². The molecule has 0 saturated carbocycles. The van der Waals surface area contributed by atoms with E-state index in [4.69, 9.17) is 5.11 Å². The lowest BCUT2D eigenvalue weighted by Gasteiger charge is -2.08.